The van der Waals surface area contributed by atoms with Gasteiger partial charge in [-0.2, -0.15) is 0 Å². The average Bonchev–Trinajstić information content (AvgIpc) is 3.17. The Hall–Kier alpha value is -1.66. The molecule has 2 rings (SSSR count). The van der Waals surface area contributed by atoms with E-state index in [1.54, 1.807) is 24.3 Å². The third-order valence-corrected chi connectivity index (χ3v) is 4.16. The summed E-state index contributed by atoms with van der Waals surface area (Å²) in [5.41, 5.74) is 0. The predicted molar refractivity (Wildman–Crippen MR) is 85.5 cm³/mol. The molecule has 1 fully saturated rings. The summed E-state index contributed by atoms with van der Waals surface area (Å²) in [5, 5.41) is 1.95. The molecule has 0 spiro atoms. The molecule has 0 radical (unpaired) electrons. The van der Waals surface area contributed by atoms with Crippen LogP contribution in [0.5, 0.6) is 0 Å². The third kappa shape index (κ3) is 5.27. The van der Waals surface area contributed by atoms with Gasteiger partial charge in [-0.1, -0.05) is 6.07 Å². The van der Waals surface area contributed by atoms with E-state index >= 15 is 0 Å². The number of nitrogens with zero attached hydrogens (tertiary/aromatic N) is 1. The van der Waals surface area contributed by atoms with Gasteiger partial charge in [0.2, 0.25) is 5.91 Å². The first kappa shape index (κ1) is 16.7. The first-order valence-corrected chi connectivity index (χ1v) is 8.34. The normalized spacial score (nSPS) is 17.8. The molecule has 0 aliphatic carbocycles. The first-order chi connectivity index (χ1) is 10.7. The van der Waals surface area contributed by atoms with Gasteiger partial charge in [-0.15, -0.1) is 11.3 Å². The lowest BCUT2D eigenvalue weighted by Crippen LogP contribution is -2.40. The zero-order chi connectivity index (χ0) is 15.8. The summed E-state index contributed by atoms with van der Waals surface area (Å²) in [5.74, 6) is -0.588. The summed E-state index contributed by atoms with van der Waals surface area (Å²) in [7, 11) is 0. The lowest BCUT2D eigenvalue weighted by Gasteiger charge is -2.23. The number of hydrogen-bond donors (Lipinski definition) is 0. The number of carbonyl (C=O) groups excluding carboxylic acids is 2. The lowest BCUT2D eigenvalue weighted by molar-refractivity contribution is -0.148. The van der Waals surface area contributed by atoms with Crippen molar-refractivity contribution in [2.45, 2.75) is 25.9 Å². The number of rotatable bonds is 7. The van der Waals surface area contributed by atoms with E-state index in [0.717, 1.165) is 24.3 Å². The zero-order valence-corrected chi connectivity index (χ0v) is 13.5. The number of amides is 1. The second kappa shape index (κ2) is 8.70. The van der Waals surface area contributed by atoms with Gasteiger partial charge in [0.25, 0.3) is 0 Å². The fourth-order valence-corrected chi connectivity index (χ4v) is 2.89. The summed E-state index contributed by atoms with van der Waals surface area (Å²) in [4.78, 5) is 26.5. The van der Waals surface area contributed by atoms with Crippen LogP contribution in [0.2, 0.25) is 0 Å². The Kier molecular flexibility index (Phi) is 6.61. The highest BCUT2D eigenvalue weighted by molar-refractivity contribution is 7.10. The Labute approximate surface area is 134 Å². The highest BCUT2D eigenvalue weighted by atomic mass is 32.1. The maximum absolute atomic E-state index is 12.3. The molecule has 0 saturated carbocycles. The van der Waals surface area contributed by atoms with Crippen molar-refractivity contribution < 1.29 is 19.1 Å². The molecule has 0 bridgehead atoms. The molecule has 0 aromatic carbocycles. The van der Waals surface area contributed by atoms with Crippen molar-refractivity contribution in [1.82, 2.24) is 4.90 Å². The molecule has 1 atom stereocenters. The van der Waals surface area contributed by atoms with Gasteiger partial charge in [0, 0.05) is 24.1 Å². The van der Waals surface area contributed by atoms with Gasteiger partial charge in [-0.25, -0.2) is 0 Å². The van der Waals surface area contributed by atoms with Gasteiger partial charge in [-0.3, -0.25) is 9.59 Å². The molecule has 1 aromatic rings. The average molecular weight is 323 g/mol. The fraction of sp³-hybridized carbons (Fsp3) is 0.500. The molecular formula is C16H21NO4S. The van der Waals surface area contributed by atoms with Crippen molar-refractivity contribution in [2.24, 2.45) is 0 Å². The van der Waals surface area contributed by atoms with Crippen LogP contribution in [0, 0.1) is 0 Å². The van der Waals surface area contributed by atoms with E-state index in [1.165, 1.54) is 11.0 Å². The van der Waals surface area contributed by atoms with Gasteiger partial charge >= 0.3 is 5.97 Å². The minimum absolute atomic E-state index is 0.00788. The summed E-state index contributed by atoms with van der Waals surface area (Å²) in [6.45, 7) is 3.16. The second-order valence-corrected chi connectivity index (χ2v) is 5.99. The van der Waals surface area contributed by atoms with E-state index in [-0.39, 0.29) is 18.6 Å². The lowest BCUT2D eigenvalue weighted by atomic mass is 10.2. The third-order valence-electron chi connectivity index (χ3n) is 3.32. The topological polar surface area (TPSA) is 55.8 Å². The highest BCUT2D eigenvalue weighted by Crippen LogP contribution is 2.15. The molecular weight excluding hydrogens is 302 g/mol. The minimum atomic E-state index is -0.390. The Balaban J connectivity index is 1.97. The van der Waals surface area contributed by atoms with E-state index in [4.69, 9.17) is 9.47 Å². The van der Waals surface area contributed by atoms with E-state index in [2.05, 4.69) is 0 Å². The van der Waals surface area contributed by atoms with Crippen molar-refractivity contribution in [3.05, 3.63) is 28.5 Å². The van der Waals surface area contributed by atoms with E-state index < -0.39 is 5.97 Å². The molecule has 1 amide bonds. The monoisotopic (exact) mass is 323 g/mol. The van der Waals surface area contributed by atoms with Crippen LogP contribution in [-0.2, 0) is 19.1 Å². The maximum Gasteiger partial charge on any atom is 0.325 e. The largest absolute Gasteiger partial charge is 0.465 e. The van der Waals surface area contributed by atoms with Crippen LogP contribution in [0.25, 0.3) is 6.08 Å². The molecule has 1 aliphatic rings. The molecule has 2 heterocycles. The SMILES string of the molecule is CCOC(=O)CN(C[C@@H]1CCCO1)C(=O)/C=C\c1cccs1. The molecule has 5 nitrogen and oxygen atoms in total. The number of carbonyl (C=O) groups is 2. The van der Waals surface area contributed by atoms with Crippen LogP contribution in [-0.4, -0.2) is 49.2 Å². The first-order valence-electron chi connectivity index (χ1n) is 7.46. The van der Waals surface area contributed by atoms with Crippen LogP contribution in [0.1, 0.15) is 24.6 Å². The summed E-state index contributed by atoms with van der Waals surface area (Å²) < 4.78 is 10.5. The van der Waals surface area contributed by atoms with E-state index in [9.17, 15) is 9.59 Å². The molecule has 0 unspecified atom stereocenters. The molecule has 1 aromatic heterocycles. The molecule has 120 valence electrons. The number of thiophene rings is 1. The molecule has 1 aliphatic heterocycles. The van der Waals surface area contributed by atoms with Crippen molar-refractivity contribution in [2.75, 3.05) is 26.3 Å². The minimum Gasteiger partial charge on any atom is -0.465 e. The van der Waals surface area contributed by atoms with Gasteiger partial charge in [-0.05, 0) is 37.3 Å². The number of ether oxygens (including phenoxy) is 2. The maximum atomic E-state index is 12.3. The molecule has 0 N–H and O–H groups in total. The fourth-order valence-electron chi connectivity index (χ4n) is 2.27. The van der Waals surface area contributed by atoms with Crippen LogP contribution in [0.4, 0.5) is 0 Å². The molecule has 1 saturated heterocycles. The van der Waals surface area contributed by atoms with Crippen LogP contribution in [0.15, 0.2) is 23.6 Å². The van der Waals surface area contributed by atoms with Gasteiger partial charge < -0.3 is 14.4 Å². The predicted octanol–water partition coefficient (Wildman–Crippen LogP) is 2.33. The van der Waals surface area contributed by atoms with Crippen LogP contribution in [0.3, 0.4) is 0 Å². The Morgan fingerprint density at radius 1 is 1.55 bits per heavy atom. The second-order valence-electron chi connectivity index (χ2n) is 5.01. The number of hydrogen-bond acceptors (Lipinski definition) is 5. The van der Waals surface area contributed by atoms with Crippen LogP contribution < -0.4 is 0 Å². The number of esters is 1. The quantitative estimate of drug-likeness (QED) is 0.571. The molecule has 22 heavy (non-hydrogen) atoms. The zero-order valence-electron chi connectivity index (χ0n) is 12.7. The smallest absolute Gasteiger partial charge is 0.325 e. The Bertz CT molecular complexity index is 506. The Morgan fingerprint density at radius 3 is 3.05 bits per heavy atom. The van der Waals surface area contributed by atoms with Gasteiger partial charge in [0.1, 0.15) is 6.54 Å². The Morgan fingerprint density at radius 2 is 2.41 bits per heavy atom. The van der Waals surface area contributed by atoms with Gasteiger partial charge in [0.15, 0.2) is 0 Å². The van der Waals surface area contributed by atoms with E-state index in [0.29, 0.717) is 13.2 Å². The summed E-state index contributed by atoms with van der Waals surface area (Å²) >= 11 is 1.56. The summed E-state index contributed by atoms with van der Waals surface area (Å²) in [6, 6.07) is 3.86. The van der Waals surface area contributed by atoms with Crippen molar-refractivity contribution in [3.63, 3.8) is 0 Å². The van der Waals surface area contributed by atoms with Gasteiger partial charge in [0.05, 0.1) is 12.7 Å². The highest BCUT2D eigenvalue weighted by Gasteiger charge is 2.23. The van der Waals surface area contributed by atoms with Crippen molar-refractivity contribution >= 4 is 29.3 Å². The van der Waals surface area contributed by atoms with Crippen molar-refractivity contribution in [3.8, 4) is 0 Å². The molecule has 6 heteroatoms. The standard InChI is InChI=1S/C16H21NO4S/c1-2-20-16(19)12-17(11-13-5-3-9-21-13)15(18)8-7-14-6-4-10-22-14/h4,6-8,10,13H,2-3,5,9,11-12H2,1H3/b8-7-/t13-/m0/s1. The van der Waals surface area contributed by atoms with E-state index in [1.807, 2.05) is 17.5 Å². The summed E-state index contributed by atoms with van der Waals surface area (Å²) in [6.07, 6.45) is 5.19. The van der Waals surface area contributed by atoms with Crippen LogP contribution >= 0.6 is 11.3 Å². The van der Waals surface area contributed by atoms with Crippen molar-refractivity contribution in [1.29, 1.82) is 0 Å².